The molecule has 0 heterocycles. The summed E-state index contributed by atoms with van der Waals surface area (Å²) in [5, 5.41) is 0.658. The highest BCUT2D eigenvalue weighted by Gasteiger charge is 2.04. The molecule has 2 aromatic rings. The standard InChI is InChI=1S/C15H15ClO/c1-3-12-7-8-15(14(16)10-12)17-13-6-4-5-11(2)9-13/h4-10H,3H2,1-2H3. The van der Waals surface area contributed by atoms with E-state index in [2.05, 4.69) is 6.92 Å². The van der Waals surface area contributed by atoms with E-state index in [1.807, 2.05) is 49.4 Å². The quantitative estimate of drug-likeness (QED) is 0.740. The molecule has 0 fully saturated rings. The van der Waals surface area contributed by atoms with E-state index in [1.54, 1.807) is 0 Å². The number of aryl methyl sites for hydroxylation is 2. The zero-order valence-corrected chi connectivity index (χ0v) is 10.8. The second-order valence-corrected chi connectivity index (χ2v) is 4.44. The number of hydrogen-bond donors (Lipinski definition) is 0. The van der Waals surface area contributed by atoms with Gasteiger partial charge in [-0.15, -0.1) is 0 Å². The Labute approximate surface area is 107 Å². The first-order chi connectivity index (χ1) is 8.19. The van der Waals surface area contributed by atoms with Crippen molar-refractivity contribution in [3.05, 3.63) is 58.6 Å². The van der Waals surface area contributed by atoms with Gasteiger partial charge >= 0.3 is 0 Å². The van der Waals surface area contributed by atoms with Gasteiger partial charge < -0.3 is 4.74 Å². The number of rotatable bonds is 3. The monoisotopic (exact) mass is 246 g/mol. The van der Waals surface area contributed by atoms with E-state index in [1.165, 1.54) is 11.1 Å². The van der Waals surface area contributed by atoms with Gasteiger partial charge in [0.05, 0.1) is 5.02 Å². The van der Waals surface area contributed by atoms with E-state index < -0.39 is 0 Å². The van der Waals surface area contributed by atoms with Crippen LogP contribution in [-0.4, -0.2) is 0 Å². The predicted molar refractivity (Wildman–Crippen MR) is 72.1 cm³/mol. The Morgan fingerprint density at radius 3 is 2.59 bits per heavy atom. The van der Waals surface area contributed by atoms with Crippen LogP contribution in [0.1, 0.15) is 18.1 Å². The number of hydrogen-bond acceptors (Lipinski definition) is 1. The third kappa shape index (κ3) is 3.01. The molecular formula is C15H15ClO. The molecule has 0 aliphatic rings. The number of halogens is 1. The zero-order valence-electron chi connectivity index (χ0n) is 10.0. The summed E-state index contributed by atoms with van der Waals surface area (Å²) in [5.41, 5.74) is 2.38. The Balaban J connectivity index is 2.24. The molecule has 0 atom stereocenters. The van der Waals surface area contributed by atoms with Crippen molar-refractivity contribution in [3.63, 3.8) is 0 Å². The Bertz CT molecular complexity index is 520. The van der Waals surface area contributed by atoms with Crippen LogP contribution >= 0.6 is 11.6 Å². The summed E-state index contributed by atoms with van der Waals surface area (Å²) in [4.78, 5) is 0. The van der Waals surface area contributed by atoms with Gasteiger partial charge in [0.2, 0.25) is 0 Å². The lowest BCUT2D eigenvalue weighted by Crippen LogP contribution is -1.87. The highest BCUT2D eigenvalue weighted by Crippen LogP contribution is 2.30. The van der Waals surface area contributed by atoms with E-state index >= 15 is 0 Å². The van der Waals surface area contributed by atoms with Crippen molar-refractivity contribution < 1.29 is 4.74 Å². The first-order valence-corrected chi connectivity index (χ1v) is 6.10. The molecule has 0 aromatic heterocycles. The highest BCUT2D eigenvalue weighted by molar-refractivity contribution is 6.32. The molecule has 0 amide bonds. The molecule has 0 saturated carbocycles. The Morgan fingerprint density at radius 1 is 1.12 bits per heavy atom. The minimum Gasteiger partial charge on any atom is -0.456 e. The van der Waals surface area contributed by atoms with Crippen LogP contribution in [0.25, 0.3) is 0 Å². The van der Waals surface area contributed by atoms with Crippen LogP contribution in [0.5, 0.6) is 11.5 Å². The Morgan fingerprint density at radius 2 is 1.94 bits per heavy atom. The molecule has 2 rings (SSSR count). The fourth-order valence-electron chi connectivity index (χ4n) is 1.65. The van der Waals surface area contributed by atoms with Gasteiger partial charge in [-0.2, -0.15) is 0 Å². The van der Waals surface area contributed by atoms with Crippen molar-refractivity contribution in [1.29, 1.82) is 0 Å². The summed E-state index contributed by atoms with van der Waals surface area (Å²) in [6.07, 6.45) is 0.977. The fourth-order valence-corrected chi connectivity index (χ4v) is 1.89. The number of benzene rings is 2. The Hall–Kier alpha value is -1.47. The van der Waals surface area contributed by atoms with Gasteiger partial charge in [-0.25, -0.2) is 0 Å². The maximum atomic E-state index is 6.17. The smallest absolute Gasteiger partial charge is 0.146 e. The van der Waals surface area contributed by atoms with Gasteiger partial charge in [-0.1, -0.05) is 36.7 Å². The molecule has 2 heteroatoms. The minimum absolute atomic E-state index is 0.658. The first-order valence-electron chi connectivity index (χ1n) is 5.72. The van der Waals surface area contributed by atoms with E-state index in [4.69, 9.17) is 16.3 Å². The van der Waals surface area contributed by atoms with E-state index in [9.17, 15) is 0 Å². The molecule has 0 unspecified atom stereocenters. The molecule has 0 spiro atoms. The van der Waals surface area contributed by atoms with Crippen LogP contribution in [0, 0.1) is 6.92 Å². The number of ether oxygens (including phenoxy) is 1. The molecule has 0 saturated heterocycles. The lowest BCUT2D eigenvalue weighted by atomic mass is 10.2. The van der Waals surface area contributed by atoms with E-state index in [0.717, 1.165) is 12.2 Å². The maximum absolute atomic E-state index is 6.17. The SMILES string of the molecule is CCc1ccc(Oc2cccc(C)c2)c(Cl)c1. The molecule has 1 nitrogen and oxygen atoms in total. The highest BCUT2D eigenvalue weighted by atomic mass is 35.5. The second kappa shape index (κ2) is 5.24. The van der Waals surface area contributed by atoms with Gasteiger partial charge in [-0.05, 0) is 48.7 Å². The van der Waals surface area contributed by atoms with Crippen molar-refractivity contribution in [3.8, 4) is 11.5 Å². The predicted octanol–water partition coefficient (Wildman–Crippen LogP) is 5.00. The van der Waals surface area contributed by atoms with Crippen LogP contribution in [0.3, 0.4) is 0 Å². The summed E-state index contributed by atoms with van der Waals surface area (Å²) >= 11 is 6.17. The molecule has 88 valence electrons. The summed E-state index contributed by atoms with van der Waals surface area (Å²) < 4.78 is 5.76. The van der Waals surface area contributed by atoms with Crippen LogP contribution in [0.4, 0.5) is 0 Å². The summed E-state index contributed by atoms with van der Waals surface area (Å²) in [7, 11) is 0. The van der Waals surface area contributed by atoms with Crippen molar-refractivity contribution in [1.82, 2.24) is 0 Å². The molecule has 0 aliphatic heterocycles. The first kappa shape index (κ1) is 12.0. The third-order valence-corrected chi connectivity index (χ3v) is 2.92. The van der Waals surface area contributed by atoms with Crippen molar-refractivity contribution in [2.75, 3.05) is 0 Å². The third-order valence-electron chi connectivity index (χ3n) is 2.62. The molecule has 17 heavy (non-hydrogen) atoms. The van der Waals surface area contributed by atoms with Crippen LogP contribution in [0.2, 0.25) is 5.02 Å². The van der Waals surface area contributed by atoms with Crippen molar-refractivity contribution >= 4 is 11.6 Å². The van der Waals surface area contributed by atoms with Crippen molar-refractivity contribution in [2.24, 2.45) is 0 Å². The topological polar surface area (TPSA) is 9.23 Å². The minimum atomic E-state index is 0.658. The van der Waals surface area contributed by atoms with Crippen LogP contribution in [0.15, 0.2) is 42.5 Å². The fraction of sp³-hybridized carbons (Fsp3) is 0.200. The molecule has 0 N–H and O–H groups in total. The van der Waals surface area contributed by atoms with E-state index in [0.29, 0.717) is 10.8 Å². The average molecular weight is 247 g/mol. The van der Waals surface area contributed by atoms with Gasteiger partial charge in [0.1, 0.15) is 11.5 Å². The molecule has 0 aliphatic carbocycles. The van der Waals surface area contributed by atoms with Gasteiger partial charge in [0.25, 0.3) is 0 Å². The lowest BCUT2D eigenvalue weighted by Gasteiger charge is -2.09. The van der Waals surface area contributed by atoms with E-state index in [-0.39, 0.29) is 0 Å². The maximum Gasteiger partial charge on any atom is 0.146 e. The van der Waals surface area contributed by atoms with Gasteiger partial charge in [0.15, 0.2) is 0 Å². The van der Waals surface area contributed by atoms with Gasteiger partial charge in [-0.3, -0.25) is 0 Å². The normalized spacial score (nSPS) is 10.3. The summed E-state index contributed by atoms with van der Waals surface area (Å²) in [5.74, 6) is 1.52. The van der Waals surface area contributed by atoms with Crippen LogP contribution in [-0.2, 0) is 6.42 Å². The van der Waals surface area contributed by atoms with Gasteiger partial charge in [0, 0.05) is 0 Å². The molecular weight excluding hydrogens is 232 g/mol. The molecule has 0 radical (unpaired) electrons. The van der Waals surface area contributed by atoms with Crippen molar-refractivity contribution in [2.45, 2.75) is 20.3 Å². The van der Waals surface area contributed by atoms with Crippen LogP contribution < -0.4 is 4.74 Å². The largest absolute Gasteiger partial charge is 0.456 e. The summed E-state index contributed by atoms with van der Waals surface area (Å²) in [6, 6.07) is 13.8. The summed E-state index contributed by atoms with van der Waals surface area (Å²) in [6.45, 7) is 4.14. The molecule has 2 aromatic carbocycles. The zero-order chi connectivity index (χ0) is 12.3. The lowest BCUT2D eigenvalue weighted by molar-refractivity contribution is 0.482. The second-order valence-electron chi connectivity index (χ2n) is 4.04. The molecule has 0 bridgehead atoms. The average Bonchev–Trinajstić information content (AvgIpc) is 2.32. The Kier molecular flexibility index (Phi) is 3.70.